The predicted octanol–water partition coefficient (Wildman–Crippen LogP) is 1.69. The molecular formula is C12H17N3O4S2. The van der Waals surface area contributed by atoms with Crippen molar-refractivity contribution in [2.75, 3.05) is 18.0 Å². The molecule has 0 aromatic heterocycles. The van der Waals surface area contributed by atoms with Gasteiger partial charge in [0.1, 0.15) is 5.69 Å². The molecule has 9 heteroatoms. The van der Waals surface area contributed by atoms with E-state index >= 15 is 0 Å². The molecule has 0 spiro atoms. The van der Waals surface area contributed by atoms with Crippen LogP contribution in [-0.2, 0) is 10.0 Å². The van der Waals surface area contributed by atoms with Gasteiger partial charge >= 0.3 is 0 Å². The van der Waals surface area contributed by atoms with E-state index in [1.807, 2.05) is 13.8 Å². The van der Waals surface area contributed by atoms with Gasteiger partial charge in [0.25, 0.3) is 5.69 Å². The topological polar surface area (TPSA) is 107 Å². The quantitative estimate of drug-likeness (QED) is 0.513. The first-order valence-electron chi connectivity index (χ1n) is 6.42. The second-order valence-corrected chi connectivity index (χ2v) is 8.29. The highest BCUT2D eigenvalue weighted by molar-refractivity contribution is 8.00. The van der Waals surface area contributed by atoms with Crippen molar-refractivity contribution in [1.29, 1.82) is 0 Å². The molecule has 0 amide bonds. The summed E-state index contributed by atoms with van der Waals surface area (Å²) in [6.07, 6.45) is 0. The van der Waals surface area contributed by atoms with Gasteiger partial charge in [-0.05, 0) is 19.1 Å². The highest BCUT2D eigenvalue weighted by Crippen LogP contribution is 2.31. The van der Waals surface area contributed by atoms with Gasteiger partial charge in [-0.3, -0.25) is 10.1 Å². The molecule has 116 valence electrons. The van der Waals surface area contributed by atoms with Crippen LogP contribution in [0, 0.1) is 10.1 Å². The lowest BCUT2D eigenvalue weighted by atomic mass is 10.2. The largest absolute Gasteiger partial charge is 0.393 e. The van der Waals surface area contributed by atoms with Gasteiger partial charge in [0.2, 0.25) is 10.0 Å². The van der Waals surface area contributed by atoms with E-state index in [0.717, 1.165) is 6.07 Å². The molecule has 1 aromatic carbocycles. The van der Waals surface area contributed by atoms with Gasteiger partial charge in [0.05, 0.1) is 9.82 Å². The number of hydrogen-bond donors (Lipinski definition) is 1. The van der Waals surface area contributed by atoms with Crippen molar-refractivity contribution < 1.29 is 13.3 Å². The number of sulfonamides is 1. The Hall–Kier alpha value is -1.32. The Morgan fingerprint density at radius 2 is 2.10 bits per heavy atom. The van der Waals surface area contributed by atoms with Crippen molar-refractivity contribution in [3.8, 4) is 0 Å². The van der Waals surface area contributed by atoms with Gasteiger partial charge in [-0.2, -0.15) is 16.1 Å². The van der Waals surface area contributed by atoms with Crippen molar-refractivity contribution in [3.63, 3.8) is 0 Å². The summed E-state index contributed by atoms with van der Waals surface area (Å²) in [5.74, 6) is 0.710. The summed E-state index contributed by atoms with van der Waals surface area (Å²) >= 11 is 1.72. The molecule has 1 heterocycles. The number of thioether (sulfide) groups is 1. The first-order chi connectivity index (χ1) is 9.75. The summed E-state index contributed by atoms with van der Waals surface area (Å²) in [4.78, 5) is 10.1. The predicted molar refractivity (Wildman–Crippen MR) is 82.8 cm³/mol. The molecule has 0 bridgehead atoms. The highest BCUT2D eigenvalue weighted by atomic mass is 32.2. The lowest BCUT2D eigenvalue weighted by Crippen LogP contribution is -2.47. The van der Waals surface area contributed by atoms with Gasteiger partial charge < -0.3 is 5.73 Å². The lowest BCUT2D eigenvalue weighted by Gasteiger charge is -2.36. The molecule has 2 N–H and O–H groups in total. The molecule has 1 aromatic rings. The molecule has 21 heavy (non-hydrogen) atoms. The maximum Gasteiger partial charge on any atom is 0.293 e. The number of hydrogen-bond acceptors (Lipinski definition) is 6. The Morgan fingerprint density at radius 1 is 1.43 bits per heavy atom. The molecule has 2 unspecified atom stereocenters. The van der Waals surface area contributed by atoms with Gasteiger partial charge in [0.15, 0.2) is 0 Å². The molecule has 2 atom stereocenters. The number of benzene rings is 1. The van der Waals surface area contributed by atoms with E-state index < -0.39 is 14.9 Å². The Morgan fingerprint density at radius 3 is 2.71 bits per heavy atom. The number of anilines is 1. The van der Waals surface area contributed by atoms with Crippen LogP contribution in [0.1, 0.15) is 13.8 Å². The van der Waals surface area contributed by atoms with Gasteiger partial charge in [-0.25, -0.2) is 8.42 Å². The minimum Gasteiger partial charge on any atom is -0.393 e. The summed E-state index contributed by atoms with van der Waals surface area (Å²) in [5.41, 5.74) is 5.08. The van der Waals surface area contributed by atoms with Gasteiger partial charge in [-0.1, -0.05) is 6.92 Å². The monoisotopic (exact) mass is 331 g/mol. The fourth-order valence-corrected chi connectivity index (χ4v) is 5.24. The molecule has 2 rings (SSSR count). The molecule has 7 nitrogen and oxygen atoms in total. The van der Waals surface area contributed by atoms with E-state index in [1.54, 1.807) is 11.8 Å². The van der Waals surface area contributed by atoms with Crippen molar-refractivity contribution in [1.82, 2.24) is 4.31 Å². The third kappa shape index (κ3) is 2.99. The second-order valence-electron chi connectivity index (χ2n) is 4.91. The highest BCUT2D eigenvalue weighted by Gasteiger charge is 2.35. The first kappa shape index (κ1) is 16.1. The summed E-state index contributed by atoms with van der Waals surface area (Å²) in [6, 6.07) is 3.45. The zero-order valence-corrected chi connectivity index (χ0v) is 13.4. The number of nitrogens with zero attached hydrogens (tertiary/aromatic N) is 2. The molecule has 0 radical (unpaired) electrons. The van der Waals surface area contributed by atoms with Crippen LogP contribution in [0.25, 0.3) is 0 Å². The van der Waals surface area contributed by atoms with Crippen molar-refractivity contribution in [2.45, 2.75) is 30.0 Å². The normalized spacial score (nSPS) is 23.9. The summed E-state index contributed by atoms with van der Waals surface area (Å²) in [6.45, 7) is 4.22. The Kier molecular flexibility index (Phi) is 4.45. The number of nitro groups is 1. The minimum absolute atomic E-state index is 0.0467. The van der Waals surface area contributed by atoms with E-state index in [-0.39, 0.29) is 27.6 Å². The third-order valence-electron chi connectivity index (χ3n) is 3.63. The Balaban J connectivity index is 2.44. The van der Waals surface area contributed by atoms with E-state index in [2.05, 4.69) is 0 Å². The molecule has 1 fully saturated rings. The smallest absolute Gasteiger partial charge is 0.293 e. The molecule has 1 aliphatic heterocycles. The van der Waals surface area contributed by atoms with Crippen LogP contribution < -0.4 is 5.73 Å². The Bertz CT molecular complexity index is 662. The Labute approximate surface area is 127 Å². The van der Waals surface area contributed by atoms with Crippen LogP contribution in [0.5, 0.6) is 0 Å². The van der Waals surface area contributed by atoms with Crippen molar-refractivity contribution in [3.05, 3.63) is 28.3 Å². The summed E-state index contributed by atoms with van der Waals surface area (Å²) < 4.78 is 26.8. The average molecular weight is 331 g/mol. The number of rotatable bonds is 3. The maximum atomic E-state index is 12.7. The standard InChI is InChI=1S/C12H17N3O4S2/c1-8-9(2)20-6-5-14(8)21(18,19)10-3-4-11(13)12(7-10)15(16)17/h3-4,7-9H,5-6,13H2,1-2H3. The maximum absolute atomic E-state index is 12.7. The van der Waals surface area contributed by atoms with Crippen LogP contribution in [0.3, 0.4) is 0 Å². The number of nitro benzene ring substituents is 1. The lowest BCUT2D eigenvalue weighted by molar-refractivity contribution is -0.384. The number of nitrogen functional groups attached to an aromatic ring is 1. The van der Waals surface area contributed by atoms with Crippen LogP contribution >= 0.6 is 11.8 Å². The van der Waals surface area contributed by atoms with Crippen LogP contribution in [0.15, 0.2) is 23.1 Å². The molecule has 0 aliphatic carbocycles. The molecule has 1 saturated heterocycles. The average Bonchev–Trinajstić information content (AvgIpc) is 2.41. The SMILES string of the molecule is CC1SCCN(S(=O)(=O)c2ccc(N)c([N+](=O)[O-])c2)C1C. The van der Waals surface area contributed by atoms with E-state index in [1.165, 1.54) is 16.4 Å². The van der Waals surface area contributed by atoms with Crippen molar-refractivity contribution >= 4 is 33.2 Å². The summed E-state index contributed by atoms with van der Waals surface area (Å²) in [7, 11) is -3.76. The zero-order chi connectivity index (χ0) is 15.8. The molecular weight excluding hydrogens is 314 g/mol. The second kappa shape index (κ2) is 5.82. The first-order valence-corrected chi connectivity index (χ1v) is 8.91. The third-order valence-corrected chi connectivity index (χ3v) is 6.95. The number of nitrogens with two attached hydrogens (primary N) is 1. The fraction of sp³-hybridized carbons (Fsp3) is 0.500. The minimum atomic E-state index is -3.76. The van der Waals surface area contributed by atoms with E-state index in [9.17, 15) is 18.5 Å². The molecule has 1 aliphatic rings. The van der Waals surface area contributed by atoms with Crippen molar-refractivity contribution in [2.24, 2.45) is 0 Å². The van der Waals surface area contributed by atoms with Crippen LogP contribution in [-0.4, -0.2) is 41.2 Å². The van der Waals surface area contributed by atoms with Gasteiger partial charge in [0, 0.05) is 29.7 Å². The summed E-state index contributed by atoms with van der Waals surface area (Å²) in [5, 5.41) is 11.1. The molecule has 0 saturated carbocycles. The fourth-order valence-electron chi connectivity index (χ4n) is 2.22. The van der Waals surface area contributed by atoms with E-state index in [0.29, 0.717) is 12.3 Å². The van der Waals surface area contributed by atoms with Crippen LogP contribution in [0.4, 0.5) is 11.4 Å². The van der Waals surface area contributed by atoms with E-state index in [4.69, 9.17) is 5.73 Å². The zero-order valence-electron chi connectivity index (χ0n) is 11.7. The van der Waals surface area contributed by atoms with Gasteiger partial charge in [-0.15, -0.1) is 0 Å². The van der Waals surface area contributed by atoms with Crippen LogP contribution in [0.2, 0.25) is 0 Å².